The maximum absolute atomic E-state index is 11.5. The molecule has 0 aromatic rings. The SMILES string of the molecule is CCCC(C)NC(=O)NCC(C)(CC)C(=O)O. The van der Waals surface area contributed by atoms with E-state index in [-0.39, 0.29) is 18.6 Å². The number of carbonyl (C=O) groups excluding carboxylic acids is 1. The molecule has 2 amide bonds. The van der Waals surface area contributed by atoms with Crippen LogP contribution in [0.25, 0.3) is 0 Å². The highest BCUT2D eigenvalue weighted by atomic mass is 16.4. The van der Waals surface area contributed by atoms with Gasteiger partial charge in [-0.2, -0.15) is 0 Å². The number of hydrogen-bond donors (Lipinski definition) is 3. The molecule has 0 aliphatic rings. The lowest BCUT2D eigenvalue weighted by atomic mass is 9.88. The van der Waals surface area contributed by atoms with Gasteiger partial charge in [0.05, 0.1) is 5.41 Å². The molecule has 0 heterocycles. The van der Waals surface area contributed by atoms with E-state index >= 15 is 0 Å². The molecule has 0 saturated heterocycles. The van der Waals surface area contributed by atoms with Gasteiger partial charge >= 0.3 is 12.0 Å². The van der Waals surface area contributed by atoms with Crippen LogP contribution in [0.3, 0.4) is 0 Å². The summed E-state index contributed by atoms with van der Waals surface area (Å²) in [4.78, 5) is 22.5. The molecule has 17 heavy (non-hydrogen) atoms. The molecule has 0 aromatic heterocycles. The second-order valence-corrected chi connectivity index (χ2v) is 4.74. The van der Waals surface area contributed by atoms with Gasteiger partial charge in [-0.1, -0.05) is 20.3 Å². The van der Waals surface area contributed by atoms with Crippen molar-refractivity contribution in [2.45, 2.75) is 53.0 Å². The Morgan fingerprint density at radius 1 is 1.35 bits per heavy atom. The van der Waals surface area contributed by atoms with Crippen LogP contribution in [-0.2, 0) is 4.79 Å². The topological polar surface area (TPSA) is 78.4 Å². The third-order valence-electron chi connectivity index (χ3n) is 3.03. The average molecular weight is 244 g/mol. The summed E-state index contributed by atoms with van der Waals surface area (Å²) in [7, 11) is 0. The fourth-order valence-electron chi connectivity index (χ4n) is 1.41. The average Bonchev–Trinajstić information content (AvgIpc) is 2.25. The normalized spacial score (nSPS) is 15.8. The Morgan fingerprint density at radius 3 is 2.35 bits per heavy atom. The lowest BCUT2D eigenvalue weighted by molar-refractivity contribution is -0.147. The third-order valence-corrected chi connectivity index (χ3v) is 3.03. The maximum atomic E-state index is 11.5. The highest BCUT2D eigenvalue weighted by Crippen LogP contribution is 2.19. The maximum Gasteiger partial charge on any atom is 0.315 e. The highest BCUT2D eigenvalue weighted by Gasteiger charge is 2.31. The molecule has 0 rings (SSSR count). The number of amides is 2. The minimum Gasteiger partial charge on any atom is -0.481 e. The molecule has 2 unspecified atom stereocenters. The van der Waals surface area contributed by atoms with Crippen molar-refractivity contribution in [2.24, 2.45) is 5.41 Å². The molecule has 0 bridgehead atoms. The Hall–Kier alpha value is -1.26. The van der Waals surface area contributed by atoms with Crippen LogP contribution < -0.4 is 10.6 Å². The van der Waals surface area contributed by atoms with E-state index in [9.17, 15) is 9.59 Å². The first kappa shape index (κ1) is 15.7. The summed E-state index contributed by atoms with van der Waals surface area (Å²) in [6.45, 7) is 7.55. The smallest absolute Gasteiger partial charge is 0.315 e. The molecule has 100 valence electrons. The largest absolute Gasteiger partial charge is 0.481 e. The van der Waals surface area contributed by atoms with Crippen LogP contribution in [0.1, 0.15) is 47.0 Å². The Morgan fingerprint density at radius 2 is 1.94 bits per heavy atom. The van der Waals surface area contributed by atoms with E-state index in [1.54, 1.807) is 13.8 Å². The summed E-state index contributed by atoms with van der Waals surface area (Å²) >= 11 is 0. The molecule has 5 heteroatoms. The first-order valence-corrected chi connectivity index (χ1v) is 6.13. The van der Waals surface area contributed by atoms with Crippen molar-refractivity contribution >= 4 is 12.0 Å². The van der Waals surface area contributed by atoms with Crippen LogP contribution in [0, 0.1) is 5.41 Å². The van der Waals surface area contributed by atoms with Crippen molar-refractivity contribution in [2.75, 3.05) is 6.54 Å². The fourth-order valence-corrected chi connectivity index (χ4v) is 1.41. The van der Waals surface area contributed by atoms with Crippen molar-refractivity contribution in [3.8, 4) is 0 Å². The number of nitrogens with one attached hydrogen (secondary N) is 2. The number of carbonyl (C=O) groups is 2. The molecule has 0 fully saturated rings. The van der Waals surface area contributed by atoms with E-state index in [0.29, 0.717) is 6.42 Å². The molecule has 3 N–H and O–H groups in total. The van der Waals surface area contributed by atoms with E-state index in [1.165, 1.54) is 0 Å². The first-order valence-electron chi connectivity index (χ1n) is 6.13. The van der Waals surface area contributed by atoms with Crippen molar-refractivity contribution < 1.29 is 14.7 Å². The Balaban J connectivity index is 4.10. The van der Waals surface area contributed by atoms with Gasteiger partial charge in [0.2, 0.25) is 0 Å². The van der Waals surface area contributed by atoms with Gasteiger partial charge in [0.1, 0.15) is 0 Å². The summed E-state index contributed by atoms with van der Waals surface area (Å²) in [5, 5.41) is 14.4. The standard InChI is InChI=1S/C12H24N2O3/c1-5-7-9(3)14-11(17)13-8-12(4,6-2)10(15)16/h9H,5-8H2,1-4H3,(H,15,16)(H2,13,14,17). The van der Waals surface area contributed by atoms with Crippen LogP contribution in [0.4, 0.5) is 4.79 Å². The van der Waals surface area contributed by atoms with Gasteiger partial charge in [-0.05, 0) is 26.7 Å². The molecule has 5 nitrogen and oxygen atoms in total. The number of urea groups is 1. The minimum absolute atomic E-state index is 0.109. The minimum atomic E-state index is -0.897. The van der Waals surface area contributed by atoms with Gasteiger partial charge in [-0.15, -0.1) is 0 Å². The Bertz CT molecular complexity index is 268. The van der Waals surface area contributed by atoms with E-state index in [0.717, 1.165) is 12.8 Å². The molecule has 2 atom stereocenters. The Labute approximate surface area is 103 Å². The summed E-state index contributed by atoms with van der Waals surface area (Å²) in [5.41, 5.74) is -0.897. The fraction of sp³-hybridized carbons (Fsp3) is 0.833. The zero-order valence-corrected chi connectivity index (χ0v) is 11.2. The molecule has 0 aromatic carbocycles. The number of carboxylic acids is 1. The predicted molar refractivity (Wildman–Crippen MR) is 66.9 cm³/mol. The lowest BCUT2D eigenvalue weighted by Gasteiger charge is -2.24. The molecule has 0 saturated carbocycles. The monoisotopic (exact) mass is 244 g/mol. The second-order valence-electron chi connectivity index (χ2n) is 4.74. The lowest BCUT2D eigenvalue weighted by Crippen LogP contribution is -2.46. The van der Waals surface area contributed by atoms with Gasteiger partial charge in [0.15, 0.2) is 0 Å². The predicted octanol–water partition coefficient (Wildman–Crippen LogP) is 1.98. The van der Waals surface area contributed by atoms with Crippen LogP contribution in [0.2, 0.25) is 0 Å². The summed E-state index contributed by atoms with van der Waals surface area (Å²) in [6.07, 6.45) is 2.40. The van der Waals surface area contributed by atoms with Crippen molar-refractivity contribution in [3.63, 3.8) is 0 Å². The van der Waals surface area contributed by atoms with E-state index in [1.807, 2.05) is 6.92 Å². The Kier molecular flexibility index (Phi) is 6.61. The van der Waals surface area contributed by atoms with Crippen molar-refractivity contribution in [1.29, 1.82) is 0 Å². The van der Waals surface area contributed by atoms with Crippen LogP contribution >= 0.6 is 0 Å². The number of aliphatic carboxylic acids is 1. The number of carboxylic acid groups (broad SMARTS) is 1. The van der Waals surface area contributed by atoms with Gasteiger partial charge in [-0.3, -0.25) is 4.79 Å². The summed E-state index contributed by atoms with van der Waals surface area (Å²) in [5.74, 6) is -0.887. The highest BCUT2D eigenvalue weighted by molar-refractivity contribution is 5.77. The van der Waals surface area contributed by atoms with Crippen LogP contribution in [-0.4, -0.2) is 29.7 Å². The van der Waals surface area contributed by atoms with Gasteiger partial charge in [0.25, 0.3) is 0 Å². The number of rotatable bonds is 7. The second kappa shape index (κ2) is 7.14. The van der Waals surface area contributed by atoms with Crippen LogP contribution in [0.15, 0.2) is 0 Å². The third kappa shape index (κ3) is 5.56. The summed E-state index contributed by atoms with van der Waals surface area (Å²) in [6, 6.07) is -0.190. The van der Waals surface area contributed by atoms with E-state index < -0.39 is 11.4 Å². The molecular weight excluding hydrogens is 220 g/mol. The van der Waals surface area contributed by atoms with Crippen LogP contribution in [0.5, 0.6) is 0 Å². The summed E-state index contributed by atoms with van der Waals surface area (Å²) < 4.78 is 0. The zero-order chi connectivity index (χ0) is 13.5. The van der Waals surface area contributed by atoms with Crippen molar-refractivity contribution in [1.82, 2.24) is 10.6 Å². The molecule has 0 radical (unpaired) electrons. The van der Waals surface area contributed by atoms with Gasteiger partial charge < -0.3 is 15.7 Å². The first-order chi connectivity index (χ1) is 7.85. The van der Waals surface area contributed by atoms with Crippen molar-refractivity contribution in [3.05, 3.63) is 0 Å². The molecular formula is C12H24N2O3. The number of hydrogen-bond acceptors (Lipinski definition) is 2. The molecule has 0 spiro atoms. The molecule has 0 aliphatic carbocycles. The quantitative estimate of drug-likeness (QED) is 0.640. The van der Waals surface area contributed by atoms with E-state index in [4.69, 9.17) is 5.11 Å². The van der Waals surface area contributed by atoms with E-state index in [2.05, 4.69) is 17.6 Å². The zero-order valence-electron chi connectivity index (χ0n) is 11.2. The molecule has 0 aliphatic heterocycles. The van der Waals surface area contributed by atoms with Gasteiger partial charge in [0, 0.05) is 12.6 Å². The van der Waals surface area contributed by atoms with Gasteiger partial charge in [-0.25, -0.2) is 4.79 Å².